The van der Waals surface area contributed by atoms with E-state index in [0.29, 0.717) is 19.6 Å². The van der Waals surface area contributed by atoms with E-state index < -0.39 is 10.0 Å². The Balaban J connectivity index is 1.35. The minimum Gasteiger partial charge on any atom is -0.378 e. The first-order chi connectivity index (χ1) is 15.4. The Morgan fingerprint density at radius 2 is 1.84 bits per heavy atom. The van der Waals surface area contributed by atoms with Crippen LogP contribution in [0.15, 0.2) is 48.7 Å². The second-order valence-electron chi connectivity index (χ2n) is 9.01. The van der Waals surface area contributed by atoms with Gasteiger partial charge in [-0.2, -0.15) is 0 Å². The lowest BCUT2D eigenvalue weighted by molar-refractivity contribution is -0.00229. The van der Waals surface area contributed by atoms with Gasteiger partial charge in [0.1, 0.15) is 11.6 Å². The number of sulfonamides is 1. The van der Waals surface area contributed by atoms with Gasteiger partial charge in [0.05, 0.1) is 19.0 Å². The van der Waals surface area contributed by atoms with Gasteiger partial charge in [0, 0.05) is 31.2 Å². The Kier molecular flexibility index (Phi) is 7.43. The molecule has 2 atom stereocenters. The number of rotatable bonds is 7. The minimum absolute atomic E-state index is 0.0322. The molecule has 2 aromatic rings. The van der Waals surface area contributed by atoms with Crippen LogP contribution in [0.3, 0.4) is 0 Å². The van der Waals surface area contributed by atoms with Gasteiger partial charge in [-0.15, -0.1) is 0 Å². The average Bonchev–Trinajstić information content (AvgIpc) is 2.79. The van der Waals surface area contributed by atoms with E-state index >= 15 is 0 Å². The highest BCUT2D eigenvalue weighted by Crippen LogP contribution is 2.35. The van der Waals surface area contributed by atoms with Gasteiger partial charge in [-0.05, 0) is 61.8 Å². The number of benzene rings is 1. The van der Waals surface area contributed by atoms with Gasteiger partial charge < -0.3 is 9.64 Å². The number of anilines is 1. The first-order valence-corrected chi connectivity index (χ1v) is 13.3. The largest absolute Gasteiger partial charge is 0.378 e. The summed E-state index contributed by atoms with van der Waals surface area (Å²) in [5, 5.41) is 0. The van der Waals surface area contributed by atoms with Gasteiger partial charge in [0.15, 0.2) is 0 Å². The summed E-state index contributed by atoms with van der Waals surface area (Å²) in [4.78, 5) is 6.64. The van der Waals surface area contributed by atoms with Gasteiger partial charge in [-0.25, -0.2) is 22.5 Å². The number of hydrogen-bond donors (Lipinski definition) is 1. The molecule has 1 aromatic heterocycles. The normalized spacial score (nSPS) is 26.8. The molecule has 1 saturated carbocycles. The molecule has 1 unspecified atom stereocenters. The van der Waals surface area contributed by atoms with Crippen molar-refractivity contribution >= 4 is 15.8 Å². The Labute approximate surface area is 190 Å². The third-order valence-electron chi connectivity index (χ3n) is 6.64. The van der Waals surface area contributed by atoms with E-state index in [1.54, 1.807) is 12.3 Å². The fourth-order valence-electron chi connectivity index (χ4n) is 4.99. The zero-order valence-electron chi connectivity index (χ0n) is 18.5. The Morgan fingerprint density at radius 1 is 1.09 bits per heavy atom. The molecule has 2 heterocycles. The lowest BCUT2D eigenvalue weighted by atomic mass is 9.82. The third kappa shape index (κ3) is 6.05. The number of hydrogen-bond acceptors (Lipinski definition) is 5. The van der Waals surface area contributed by atoms with Crippen molar-refractivity contribution in [1.29, 1.82) is 0 Å². The molecule has 6 nitrogen and oxygen atoms in total. The molecule has 0 spiro atoms. The van der Waals surface area contributed by atoms with Crippen LogP contribution in [-0.4, -0.2) is 51.5 Å². The molecule has 0 bridgehead atoms. The van der Waals surface area contributed by atoms with Crippen molar-refractivity contribution in [3.8, 4) is 0 Å². The molecular formula is C24H32FN3O3S. The molecule has 1 saturated heterocycles. The highest BCUT2D eigenvalue weighted by Gasteiger charge is 2.33. The van der Waals surface area contributed by atoms with E-state index in [1.165, 1.54) is 12.3 Å². The molecule has 174 valence electrons. The predicted molar refractivity (Wildman–Crippen MR) is 124 cm³/mol. The highest BCUT2D eigenvalue weighted by molar-refractivity contribution is 7.88. The van der Waals surface area contributed by atoms with E-state index in [9.17, 15) is 12.8 Å². The summed E-state index contributed by atoms with van der Waals surface area (Å²) in [7, 11) is -3.30. The van der Waals surface area contributed by atoms with Crippen molar-refractivity contribution < 1.29 is 17.5 Å². The summed E-state index contributed by atoms with van der Waals surface area (Å²) in [6, 6.07) is 12.7. The summed E-state index contributed by atoms with van der Waals surface area (Å²) >= 11 is 0. The van der Waals surface area contributed by atoms with Crippen molar-refractivity contribution in [3.05, 3.63) is 60.0 Å². The Hall–Kier alpha value is -2.03. The maximum atomic E-state index is 14.1. The second-order valence-corrected chi connectivity index (χ2v) is 10.8. The molecule has 4 rings (SSSR count). The number of nitrogens with one attached hydrogen (secondary N) is 1. The molecule has 32 heavy (non-hydrogen) atoms. The molecule has 1 N–H and O–H groups in total. The highest BCUT2D eigenvalue weighted by atomic mass is 32.2. The van der Waals surface area contributed by atoms with Crippen LogP contribution in [0.1, 0.15) is 43.6 Å². The van der Waals surface area contributed by atoms with Crippen molar-refractivity contribution in [1.82, 2.24) is 9.71 Å². The van der Waals surface area contributed by atoms with Crippen molar-refractivity contribution in [2.45, 2.75) is 50.2 Å². The monoisotopic (exact) mass is 461 g/mol. The van der Waals surface area contributed by atoms with E-state index in [0.717, 1.165) is 43.6 Å². The average molecular weight is 462 g/mol. The maximum absolute atomic E-state index is 14.1. The number of piperidine rings is 1. The molecule has 8 heteroatoms. The topological polar surface area (TPSA) is 71.5 Å². The van der Waals surface area contributed by atoms with Crippen LogP contribution in [0.5, 0.6) is 0 Å². The molecule has 0 radical (unpaired) electrons. The molecule has 2 fully saturated rings. The van der Waals surface area contributed by atoms with Gasteiger partial charge >= 0.3 is 0 Å². The number of halogens is 1. The van der Waals surface area contributed by atoms with Crippen LogP contribution in [-0.2, 0) is 14.8 Å². The fraction of sp³-hybridized carbons (Fsp3) is 0.542. The smallest absolute Gasteiger partial charge is 0.208 e. The molecule has 1 aliphatic carbocycles. The number of ether oxygens (including phenoxy) is 1. The lowest BCUT2D eigenvalue weighted by Crippen LogP contribution is -2.52. The van der Waals surface area contributed by atoms with Crippen LogP contribution < -0.4 is 9.62 Å². The summed E-state index contributed by atoms with van der Waals surface area (Å²) in [6.45, 7) is 1.93. The second kappa shape index (κ2) is 10.3. The Morgan fingerprint density at radius 3 is 2.53 bits per heavy atom. The van der Waals surface area contributed by atoms with Gasteiger partial charge in [0.2, 0.25) is 10.0 Å². The van der Waals surface area contributed by atoms with E-state index in [4.69, 9.17) is 4.74 Å². The van der Waals surface area contributed by atoms with Crippen LogP contribution in [0.25, 0.3) is 0 Å². The molecule has 1 aromatic carbocycles. The quantitative estimate of drug-likeness (QED) is 0.681. The standard InChI is InChI=1S/C24H32FN3O3S/c1-32(29,30)27-23-13-15-28(24-8-4-5-14-26-24)16-19(23)17-31-20-11-9-18(10-12-20)21-6-2-3-7-22(21)25/h2-8,14,18-20,23,27H,9-13,15-17H2,1H3/t18?,19?,20?,23-/m0/s1. The van der Waals surface area contributed by atoms with Crippen LogP contribution in [0.4, 0.5) is 10.2 Å². The number of nitrogens with zero attached hydrogens (tertiary/aromatic N) is 2. The lowest BCUT2D eigenvalue weighted by Gasteiger charge is -2.40. The molecular weight excluding hydrogens is 429 g/mol. The fourth-order valence-corrected chi connectivity index (χ4v) is 5.85. The predicted octanol–water partition coefficient (Wildman–Crippen LogP) is 3.71. The third-order valence-corrected chi connectivity index (χ3v) is 7.37. The van der Waals surface area contributed by atoms with Crippen molar-refractivity contribution in [3.63, 3.8) is 0 Å². The first-order valence-electron chi connectivity index (χ1n) is 11.4. The van der Waals surface area contributed by atoms with Gasteiger partial charge in [-0.3, -0.25) is 0 Å². The maximum Gasteiger partial charge on any atom is 0.208 e. The van der Waals surface area contributed by atoms with Crippen LogP contribution in [0, 0.1) is 11.7 Å². The van der Waals surface area contributed by atoms with Crippen LogP contribution >= 0.6 is 0 Å². The minimum atomic E-state index is -3.30. The SMILES string of the molecule is CS(=O)(=O)N[C@H]1CCN(c2ccccn2)CC1COC1CCC(c2ccccc2F)CC1. The van der Waals surface area contributed by atoms with E-state index in [-0.39, 0.29) is 29.8 Å². The van der Waals surface area contributed by atoms with E-state index in [1.807, 2.05) is 30.3 Å². The summed E-state index contributed by atoms with van der Waals surface area (Å²) in [5.74, 6) is 1.05. The Bertz CT molecular complexity index is 981. The van der Waals surface area contributed by atoms with Crippen LogP contribution in [0.2, 0.25) is 0 Å². The molecule has 2 aliphatic rings. The molecule has 0 amide bonds. The summed E-state index contributed by atoms with van der Waals surface area (Å²) in [5.41, 5.74) is 0.807. The summed E-state index contributed by atoms with van der Waals surface area (Å²) in [6.07, 6.45) is 7.40. The number of aromatic nitrogens is 1. The first kappa shape index (κ1) is 23.1. The van der Waals surface area contributed by atoms with Gasteiger partial charge in [0.25, 0.3) is 0 Å². The van der Waals surface area contributed by atoms with Crippen molar-refractivity contribution in [2.24, 2.45) is 5.92 Å². The zero-order chi connectivity index (χ0) is 22.6. The molecule has 1 aliphatic heterocycles. The zero-order valence-corrected chi connectivity index (χ0v) is 19.3. The number of pyridine rings is 1. The van der Waals surface area contributed by atoms with E-state index in [2.05, 4.69) is 14.6 Å². The summed E-state index contributed by atoms with van der Waals surface area (Å²) < 4.78 is 47.0. The van der Waals surface area contributed by atoms with Gasteiger partial charge in [-0.1, -0.05) is 24.3 Å². The van der Waals surface area contributed by atoms with Crippen molar-refractivity contribution in [2.75, 3.05) is 30.9 Å².